The van der Waals surface area contributed by atoms with E-state index in [4.69, 9.17) is 5.11 Å². The first-order valence-electron chi connectivity index (χ1n) is 4.37. The van der Waals surface area contributed by atoms with E-state index in [-0.39, 0.29) is 18.0 Å². The third kappa shape index (κ3) is 3.41. The van der Waals surface area contributed by atoms with Crippen molar-refractivity contribution in [3.05, 3.63) is 36.5 Å². The van der Waals surface area contributed by atoms with E-state index in [1.807, 2.05) is 0 Å². The van der Waals surface area contributed by atoms with Gasteiger partial charge in [-0.15, -0.1) is 0 Å². The fourth-order valence-corrected chi connectivity index (χ4v) is 0.870. The van der Waals surface area contributed by atoms with Crippen molar-refractivity contribution in [2.45, 2.75) is 0 Å². The topological polar surface area (TPSA) is 88.5 Å². The fourth-order valence-electron chi connectivity index (χ4n) is 0.870. The number of hydrogen-bond acceptors (Lipinski definition) is 4. The highest BCUT2D eigenvalue weighted by atomic mass is 16.5. The van der Waals surface area contributed by atoms with E-state index in [1.165, 1.54) is 18.2 Å². The predicted molar refractivity (Wildman–Crippen MR) is 56.4 cm³/mol. The maximum Gasteiger partial charge on any atom is 0.413 e. The molecule has 6 nitrogen and oxygen atoms in total. The van der Waals surface area contributed by atoms with Crippen molar-refractivity contribution in [2.24, 2.45) is 0 Å². The highest BCUT2D eigenvalue weighted by Gasteiger charge is 2.05. The molecule has 0 spiro atoms. The van der Waals surface area contributed by atoms with Gasteiger partial charge in [-0.1, -0.05) is 12.7 Å². The van der Waals surface area contributed by atoms with E-state index in [1.54, 1.807) is 0 Å². The zero-order chi connectivity index (χ0) is 12.0. The lowest BCUT2D eigenvalue weighted by atomic mass is 10.3. The third-order valence-electron chi connectivity index (χ3n) is 1.57. The molecule has 0 bridgehead atoms. The van der Waals surface area contributed by atoms with Crippen LogP contribution in [0.2, 0.25) is 0 Å². The number of aromatic nitrogens is 1. The van der Waals surface area contributed by atoms with Crippen molar-refractivity contribution < 1.29 is 19.4 Å². The summed E-state index contributed by atoms with van der Waals surface area (Å²) >= 11 is 0. The van der Waals surface area contributed by atoms with Gasteiger partial charge in [0, 0.05) is 6.20 Å². The summed E-state index contributed by atoms with van der Waals surface area (Å²) in [5.41, 5.74) is 0.0463. The van der Waals surface area contributed by atoms with Gasteiger partial charge in [0.1, 0.15) is 12.4 Å². The molecule has 0 saturated heterocycles. The van der Waals surface area contributed by atoms with Crippen molar-refractivity contribution in [2.75, 3.05) is 11.9 Å². The molecule has 6 heteroatoms. The Balaban J connectivity index is 2.58. The van der Waals surface area contributed by atoms with Gasteiger partial charge in [0.15, 0.2) is 0 Å². The molecule has 0 atom stereocenters. The van der Waals surface area contributed by atoms with Gasteiger partial charge >= 0.3 is 12.1 Å². The molecule has 0 saturated carbocycles. The van der Waals surface area contributed by atoms with Crippen LogP contribution in [-0.4, -0.2) is 28.8 Å². The first-order chi connectivity index (χ1) is 7.63. The molecule has 0 aliphatic heterocycles. The smallest absolute Gasteiger partial charge is 0.413 e. The molecule has 16 heavy (non-hydrogen) atoms. The molecular formula is C10H10N2O4. The molecule has 0 unspecified atom stereocenters. The summed E-state index contributed by atoms with van der Waals surface area (Å²) in [4.78, 5) is 25.3. The van der Waals surface area contributed by atoms with E-state index < -0.39 is 12.1 Å². The number of pyridine rings is 1. The van der Waals surface area contributed by atoms with E-state index in [2.05, 4.69) is 21.6 Å². The Morgan fingerprint density at radius 1 is 1.56 bits per heavy atom. The molecule has 1 aromatic rings. The van der Waals surface area contributed by atoms with Crippen molar-refractivity contribution in [3.63, 3.8) is 0 Å². The summed E-state index contributed by atoms with van der Waals surface area (Å²) in [6.07, 6.45) is 1.90. The number of amides is 1. The molecule has 0 aromatic carbocycles. The summed E-state index contributed by atoms with van der Waals surface area (Å²) in [6.45, 7) is 3.48. The number of carboxylic acid groups (broad SMARTS) is 1. The van der Waals surface area contributed by atoms with E-state index in [0.29, 0.717) is 0 Å². The van der Waals surface area contributed by atoms with Crippen LogP contribution in [0, 0.1) is 0 Å². The largest absolute Gasteiger partial charge is 0.478 e. The molecule has 0 aliphatic carbocycles. The average Bonchev–Trinajstić information content (AvgIpc) is 2.27. The van der Waals surface area contributed by atoms with Crippen molar-refractivity contribution in [3.8, 4) is 0 Å². The monoisotopic (exact) mass is 222 g/mol. The second-order valence-electron chi connectivity index (χ2n) is 2.75. The maximum absolute atomic E-state index is 11.1. The zero-order valence-corrected chi connectivity index (χ0v) is 8.34. The molecule has 1 amide bonds. The first kappa shape index (κ1) is 11.7. The predicted octanol–water partition coefficient (Wildman–Crippen LogP) is 1.51. The van der Waals surface area contributed by atoms with Gasteiger partial charge in [0.25, 0.3) is 0 Å². The maximum atomic E-state index is 11.1. The number of carbonyl (C=O) groups is 2. The Morgan fingerprint density at radius 3 is 2.81 bits per heavy atom. The van der Waals surface area contributed by atoms with Crippen molar-refractivity contribution in [1.29, 1.82) is 0 Å². The van der Waals surface area contributed by atoms with Crippen LogP contribution in [0.1, 0.15) is 10.4 Å². The minimum atomic E-state index is -1.08. The van der Waals surface area contributed by atoms with Crippen LogP contribution >= 0.6 is 0 Å². The highest BCUT2D eigenvalue weighted by Crippen LogP contribution is 2.05. The van der Waals surface area contributed by atoms with Crippen molar-refractivity contribution >= 4 is 17.9 Å². The zero-order valence-electron chi connectivity index (χ0n) is 8.34. The van der Waals surface area contributed by atoms with Gasteiger partial charge in [0.2, 0.25) is 0 Å². The fraction of sp³-hybridized carbons (Fsp3) is 0.100. The molecule has 1 heterocycles. The standard InChI is InChI=1S/C10H10N2O4/c1-2-5-16-10(15)12-8-4-3-7(6-11-8)9(13)14/h2-4,6H,1,5H2,(H,13,14)(H,11,12,15). The number of ether oxygens (including phenoxy) is 1. The van der Waals surface area contributed by atoms with Crippen LogP contribution in [0.4, 0.5) is 10.6 Å². The summed E-state index contributed by atoms with van der Waals surface area (Å²) in [5, 5.41) is 10.9. The van der Waals surface area contributed by atoms with Crippen molar-refractivity contribution in [1.82, 2.24) is 4.98 Å². The summed E-state index contributed by atoms with van der Waals surface area (Å²) < 4.78 is 4.65. The van der Waals surface area contributed by atoms with Crippen LogP contribution in [-0.2, 0) is 4.74 Å². The Labute approximate surface area is 91.6 Å². The van der Waals surface area contributed by atoms with Gasteiger partial charge < -0.3 is 9.84 Å². The number of aromatic carboxylic acids is 1. The van der Waals surface area contributed by atoms with E-state index >= 15 is 0 Å². The lowest BCUT2D eigenvalue weighted by Gasteiger charge is -2.04. The molecular weight excluding hydrogens is 212 g/mol. The minimum Gasteiger partial charge on any atom is -0.478 e. The highest BCUT2D eigenvalue weighted by molar-refractivity contribution is 5.88. The van der Waals surface area contributed by atoms with Gasteiger partial charge in [-0.3, -0.25) is 5.32 Å². The van der Waals surface area contributed by atoms with Gasteiger partial charge in [0.05, 0.1) is 5.56 Å². The number of hydrogen-bond donors (Lipinski definition) is 2. The number of carbonyl (C=O) groups excluding carboxylic acids is 1. The van der Waals surface area contributed by atoms with Crippen LogP contribution in [0.3, 0.4) is 0 Å². The molecule has 1 rings (SSSR count). The Kier molecular flexibility index (Phi) is 4.02. The number of nitrogens with zero attached hydrogens (tertiary/aromatic N) is 1. The minimum absolute atomic E-state index is 0.0463. The summed E-state index contributed by atoms with van der Waals surface area (Å²) in [6, 6.07) is 2.71. The van der Waals surface area contributed by atoms with Crippen LogP contribution in [0.25, 0.3) is 0 Å². The average molecular weight is 222 g/mol. The molecule has 84 valence electrons. The van der Waals surface area contributed by atoms with Gasteiger partial charge in [-0.2, -0.15) is 0 Å². The number of nitrogens with one attached hydrogen (secondary N) is 1. The van der Waals surface area contributed by atoms with Crippen LogP contribution < -0.4 is 5.32 Å². The summed E-state index contributed by atoms with van der Waals surface area (Å²) in [7, 11) is 0. The Bertz CT molecular complexity index is 400. The lowest BCUT2D eigenvalue weighted by Crippen LogP contribution is -2.14. The van der Waals surface area contributed by atoms with Gasteiger partial charge in [-0.05, 0) is 12.1 Å². The van der Waals surface area contributed by atoms with E-state index in [0.717, 1.165) is 6.20 Å². The third-order valence-corrected chi connectivity index (χ3v) is 1.57. The molecule has 1 aromatic heterocycles. The SMILES string of the molecule is C=CCOC(=O)Nc1ccc(C(=O)O)cn1. The number of anilines is 1. The molecule has 0 fully saturated rings. The Morgan fingerprint density at radius 2 is 2.31 bits per heavy atom. The second-order valence-corrected chi connectivity index (χ2v) is 2.75. The van der Waals surface area contributed by atoms with E-state index in [9.17, 15) is 9.59 Å². The first-order valence-corrected chi connectivity index (χ1v) is 4.37. The normalized spacial score (nSPS) is 9.25. The quantitative estimate of drug-likeness (QED) is 0.754. The lowest BCUT2D eigenvalue weighted by molar-refractivity contribution is 0.0696. The number of carboxylic acids is 1. The Hall–Kier alpha value is -2.37. The molecule has 0 radical (unpaired) electrons. The summed E-state index contributed by atoms with van der Waals surface area (Å²) in [5.74, 6) is -0.854. The number of rotatable bonds is 4. The molecule has 0 aliphatic rings. The molecule has 2 N–H and O–H groups in total. The van der Waals surface area contributed by atoms with Crippen LogP contribution in [0.15, 0.2) is 31.0 Å². The second kappa shape index (κ2) is 5.50. The van der Waals surface area contributed by atoms with Gasteiger partial charge in [-0.25, -0.2) is 14.6 Å². The van der Waals surface area contributed by atoms with Crippen LogP contribution in [0.5, 0.6) is 0 Å².